The SMILES string of the molecule is COc1cc(C#N)cc(OCc2c(C)noc2C)c1. The predicted octanol–water partition coefficient (Wildman–Crippen LogP) is 2.75. The van der Waals surface area contributed by atoms with Crippen LogP contribution in [0, 0.1) is 25.2 Å². The van der Waals surface area contributed by atoms with E-state index in [1.165, 1.54) is 0 Å². The van der Waals surface area contributed by atoms with Crippen molar-refractivity contribution in [2.24, 2.45) is 0 Å². The molecule has 0 bridgehead atoms. The molecule has 19 heavy (non-hydrogen) atoms. The number of methoxy groups -OCH3 is 1. The third-order valence-corrected chi connectivity index (χ3v) is 2.81. The minimum absolute atomic E-state index is 0.346. The van der Waals surface area contributed by atoms with Gasteiger partial charge in [-0.15, -0.1) is 0 Å². The van der Waals surface area contributed by atoms with Crippen molar-refractivity contribution < 1.29 is 14.0 Å². The van der Waals surface area contributed by atoms with Crippen molar-refractivity contribution >= 4 is 0 Å². The molecule has 2 aromatic rings. The quantitative estimate of drug-likeness (QED) is 0.843. The molecule has 5 heteroatoms. The van der Waals surface area contributed by atoms with E-state index in [0.29, 0.717) is 23.7 Å². The third kappa shape index (κ3) is 2.86. The highest BCUT2D eigenvalue weighted by Gasteiger charge is 2.10. The van der Waals surface area contributed by atoms with Crippen LogP contribution in [0.15, 0.2) is 22.7 Å². The maximum absolute atomic E-state index is 8.94. The first-order valence-electron chi connectivity index (χ1n) is 5.77. The lowest BCUT2D eigenvalue weighted by Crippen LogP contribution is -1.98. The second kappa shape index (κ2) is 5.44. The van der Waals surface area contributed by atoms with Gasteiger partial charge in [-0.3, -0.25) is 0 Å². The first-order valence-corrected chi connectivity index (χ1v) is 5.77. The molecule has 1 aromatic heterocycles. The summed E-state index contributed by atoms with van der Waals surface area (Å²) in [5.41, 5.74) is 2.22. The number of aromatic nitrogens is 1. The van der Waals surface area contributed by atoms with Crippen LogP contribution in [0.3, 0.4) is 0 Å². The molecule has 0 atom stereocenters. The lowest BCUT2D eigenvalue weighted by molar-refractivity contribution is 0.299. The van der Waals surface area contributed by atoms with Gasteiger partial charge in [0.1, 0.15) is 23.9 Å². The average Bonchev–Trinajstić information content (AvgIpc) is 2.75. The van der Waals surface area contributed by atoms with E-state index >= 15 is 0 Å². The van der Waals surface area contributed by atoms with Crippen molar-refractivity contribution in [3.8, 4) is 17.6 Å². The minimum atomic E-state index is 0.346. The van der Waals surface area contributed by atoms with Crippen molar-refractivity contribution in [3.63, 3.8) is 0 Å². The molecule has 5 nitrogen and oxygen atoms in total. The van der Waals surface area contributed by atoms with E-state index in [1.54, 1.807) is 25.3 Å². The molecule has 0 aliphatic rings. The number of hydrogen-bond acceptors (Lipinski definition) is 5. The predicted molar refractivity (Wildman–Crippen MR) is 68.0 cm³/mol. The summed E-state index contributed by atoms with van der Waals surface area (Å²) in [5, 5.41) is 12.8. The molecule has 0 saturated heterocycles. The summed E-state index contributed by atoms with van der Waals surface area (Å²) in [5.74, 6) is 1.91. The maximum Gasteiger partial charge on any atom is 0.140 e. The van der Waals surface area contributed by atoms with Gasteiger partial charge in [-0.2, -0.15) is 5.26 Å². The summed E-state index contributed by atoms with van der Waals surface area (Å²) in [6.07, 6.45) is 0. The van der Waals surface area contributed by atoms with E-state index in [9.17, 15) is 0 Å². The molecule has 0 spiro atoms. The molecule has 98 valence electrons. The minimum Gasteiger partial charge on any atom is -0.497 e. The van der Waals surface area contributed by atoms with Crippen LogP contribution < -0.4 is 9.47 Å². The van der Waals surface area contributed by atoms with Crippen LogP contribution in [0.25, 0.3) is 0 Å². The van der Waals surface area contributed by atoms with E-state index in [2.05, 4.69) is 11.2 Å². The van der Waals surface area contributed by atoms with Gasteiger partial charge in [-0.1, -0.05) is 5.16 Å². The number of nitrogens with zero attached hydrogens (tertiary/aromatic N) is 2. The fourth-order valence-electron chi connectivity index (χ4n) is 1.70. The maximum atomic E-state index is 8.94. The average molecular weight is 258 g/mol. The van der Waals surface area contributed by atoms with E-state index < -0.39 is 0 Å². The molecule has 1 heterocycles. The Hall–Kier alpha value is -2.48. The molecule has 0 radical (unpaired) electrons. The second-order valence-electron chi connectivity index (χ2n) is 4.10. The number of ether oxygens (including phenoxy) is 2. The van der Waals surface area contributed by atoms with Crippen LogP contribution in [0.2, 0.25) is 0 Å². The van der Waals surface area contributed by atoms with Crippen molar-refractivity contribution in [1.82, 2.24) is 5.16 Å². The lowest BCUT2D eigenvalue weighted by Gasteiger charge is -2.08. The molecule has 0 fully saturated rings. The van der Waals surface area contributed by atoms with E-state index in [-0.39, 0.29) is 0 Å². The summed E-state index contributed by atoms with van der Waals surface area (Å²) in [4.78, 5) is 0. The normalized spacial score (nSPS) is 10.0. The number of benzene rings is 1. The largest absolute Gasteiger partial charge is 0.497 e. The van der Waals surface area contributed by atoms with Crippen molar-refractivity contribution in [3.05, 3.63) is 40.8 Å². The third-order valence-electron chi connectivity index (χ3n) is 2.81. The molecular formula is C14H14N2O3. The number of hydrogen-bond donors (Lipinski definition) is 0. The smallest absolute Gasteiger partial charge is 0.140 e. The van der Waals surface area contributed by atoms with E-state index in [4.69, 9.17) is 19.3 Å². The Morgan fingerprint density at radius 2 is 2.00 bits per heavy atom. The fourth-order valence-corrected chi connectivity index (χ4v) is 1.70. The Labute approximate surface area is 111 Å². The first-order chi connectivity index (χ1) is 9.13. The van der Waals surface area contributed by atoms with Gasteiger partial charge in [0.15, 0.2) is 0 Å². The van der Waals surface area contributed by atoms with E-state index in [1.807, 2.05) is 13.8 Å². The van der Waals surface area contributed by atoms with Gasteiger partial charge in [0, 0.05) is 6.07 Å². The molecular weight excluding hydrogens is 244 g/mol. The Balaban J connectivity index is 2.18. The van der Waals surface area contributed by atoms with Gasteiger partial charge in [0.2, 0.25) is 0 Å². The van der Waals surface area contributed by atoms with Crippen LogP contribution in [0.5, 0.6) is 11.5 Å². The van der Waals surface area contributed by atoms with Crippen molar-refractivity contribution in [1.29, 1.82) is 5.26 Å². The molecule has 0 aliphatic carbocycles. The van der Waals surface area contributed by atoms with Gasteiger partial charge in [0.25, 0.3) is 0 Å². The highest BCUT2D eigenvalue weighted by Crippen LogP contribution is 2.24. The summed E-state index contributed by atoms with van der Waals surface area (Å²) in [6, 6.07) is 7.13. The molecule has 0 saturated carbocycles. The zero-order valence-electron chi connectivity index (χ0n) is 11.1. The number of aryl methyl sites for hydroxylation is 2. The Morgan fingerprint density at radius 3 is 2.58 bits per heavy atom. The highest BCUT2D eigenvalue weighted by atomic mass is 16.5. The standard InChI is InChI=1S/C14H14N2O3/c1-9-14(10(2)19-16-9)8-18-13-5-11(7-15)4-12(6-13)17-3/h4-6H,8H2,1-3H3. The summed E-state index contributed by atoms with van der Waals surface area (Å²) < 4.78 is 15.9. The topological polar surface area (TPSA) is 68.3 Å². The monoisotopic (exact) mass is 258 g/mol. The first kappa shape index (κ1) is 13.0. The van der Waals surface area contributed by atoms with E-state index in [0.717, 1.165) is 17.0 Å². The van der Waals surface area contributed by atoms with Crippen molar-refractivity contribution in [2.45, 2.75) is 20.5 Å². The number of rotatable bonds is 4. The van der Waals surface area contributed by atoms with Gasteiger partial charge in [-0.25, -0.2) is 0 Å². The zero-order valence-corrected chi connectivity index (χ0v) is 11.1. The van der Waals surface area contributed by atoms with Crippen LogP contribution in [0.4, 0.5) is 0 Å². The Kier molecular flexibility index (Phi) is 3.71. The molecule has 0 aliphatic heterocycles. The molecule has 2 rings (SSSR count). The van der Waals surface area contributed by atoms with Gasteiger partial charge >= 0.3 is 0 Å². The van der Waals surface area contributed by atoms with Gasteiger partial charge in [0.05, 0.1) is 30.0 Å². The van der Waals surface area contributed by atoms with Crippen LogP contribution >= 0.6 is 0 Å². The molecule has 1 aromatic carbocycles. The van der Waals surface area contributed by atoms with Crippen LogP contribution in [0.1, 0.15) is 22.6 Å². The second-order valence-corrected chi connectivity index (χ2v) is 4.10. The number of nitriles is 1. The van der Waals surface area contributed by atoms with Crippen LogP contribution in [-0.4, -0.2) is 12.3 Å². The lowest BCUT2D eigenvalue weighted by atomic mass is 10.2. The Bertz CT molecular complexity index is 607. The molecule has 0 unspecified atom stereocenters. The summed E-state index contributed by atoms with van der Waals surface area (Å²) >= 11 is 0. The van der Waals surface area contributed by atoms with Gasteiger partial charge in [-0.05, 0) is 26.0 Å². The summed E-state index contributed by atoms with van der Waals surface area (Å²) in [7, 11) is 1.55. The summed E-state index contributed by atoms with van der Waals surface area (Å²) in [6.45, 7) is 4.05. The Morgan fingerprint density at radius 1 is 1.26 bits per heavy atom. The van der Waals surface area contributed by atoms with Crippen LogP contribution in [-0.2, 0) is 6.61 Å². The fraction of sp³-hybridized carbons (Fsp3) is 0.286. The van der Waals surface area contributed by atoms with Crippen molar-refractivity contribution in [2.75, 3.05) is 7.11 Å². The highest BCUT2D eigenvalue weighted by molar-refractivity contribution is 5.44. The zero-order chi connectivity index (χ0) is 13.8. The van der Waals surface area contributed by atoms with Gasteiger partial charge < -0.3 is 14.0 Å². The molecule has 0 amide bonds. The molecule has 0 N–H and O–H groups in total.